The summed E-state index contributed by atoms with van der Waals surface area (Å²) in [6, 6.07) is 3.64. The normalized spacial score (nSPS) is 14.5. The number of carbonyl (C=O) groups is 1. The first kappa shape index (κ1) is 13.3. The molecule has 5 N–H and O–H groups in total. The summed E-state index contributed by atoms with van der Waals surface area (Å²) in [7, 11) is 0. The number of carboxylic acid groups (broad SMARTS) is 1. The summed E-state index contributed by atoms with van der Waals surface area (Å²) in [6.07, 6.45) is -0.193. The number of rotatable bonds is 4. The van der Waals surface area contributed by atoms with Crippen LogP contribution in [-0.2, 0) is 4.79 Å². The molecular weight excluding hydrogens is 251 g/mol. The summed E-state index contributed by atoms with van der Waals surface area (Å²) >= 11 is 11.6. The van der Waals surface area contributed by atoms with Gasteiger partial charge in [0.05, 0.1) is 16.5 Å². The van der Waals surface area contributed by atoms with Gasteiger partial charge in [0.1, 0.15) is 0 Å². The van der Waals surface area contributed by atoms with Gasteiger partial charge < -0.3 is 16.6 Å². The smallest absolute Gasteiger partial charge is 0.304 e. The molecule has 4 nitrogen and oxygen atoms in total. The van der Waals surface area contributed by atoms with Gasteiger partial charge >= 0.3 is 5.97 Å². The largest absolute Gasteiger partial charge is 0.481 e. The van der Waals surface area contributed by atoms with Crippen molar-refractivity contribution >= 4 is 29.2 Å². The number of benzene rings is 1. The molecule has 0 saturated carbocycles. The Morgan fingerprint density at radius 3 is 2.44 bits per heavy atom. The second-order valence-electron chi connectivity index (χ2n) is 3.46. The quantitative estimate of drug-likeness (QED) is 0.772. The molecule has 0 aromatic heterocycles. The van der Waals surface area contributed by atoms with Crippen LogP contribution in [0.25, 0.3) is 0 Å². The Labute approximate surface area is 103 Å². The molecule has 2 atom stereocenters. The van der Waals surface area contributed by atoms with Crippen LogP contribution >= 0.6 is 23.2 Å². The average molecular weight is 263 g/mol. The van der Waals surface area contributed by atoms with Crippen LogP contribution in [0.1, 0.15) is 18.0 Å². The van der Waals surface area contributed by atoms with Gasteiger partial charge in [0.25, 0.3) is 0 Å². The van der Waals surface area contributed by atoms with Gasteiger partial charge in [0.15, 0.2) is 0 Å². The molecule has 1 rings (SSSR count). The molecule has 0 radical (unpaired) electrons. The van der Waals surface area contributed by atoms with Crippen molar-refractivity contribution in [1.29, 1.82) is 0 Å². The van der Waals surface area contributed by atoms with Crippen LogP contribution in [0, 0.1) is 0 Å². The van der Waals surface area contributed by atoms with E-state index < -0.39 is 18.1 Å². The molecule has 0 amide bonds. The van der Waals surface area contributed by atoms with Crippen molar-refractivity contribution in [3.8, 4) is 0 Å². The fourth-order valence-corrected chi connectivity index (χ4v) is 1.60. The van der Waals surface area contributed by atoms with Crippen LogP contribution in [-0.4, -0.2) is 17.1 Å². The molecule has 0 bridgehead atoms. The van der Waals surface area contributed by atoms with Gasteiger partial charge in [-0.1, -0.05) is 29.3 Å². The predicted molar refractivity (Wildman–Crippen MR) is 63.6 cm³/mol. The molecule has 1 aromatic carbocycles. The van der Waals surface area contributed by atoms with E-state index >= 15 is 0 Å². The van der Waals surface area contributed by atoms with Crippen molar-refractivity contribution in [2.75, 3.05) is 0 Å². The van der Waals surface area contributed by atoms with Gasteiger partial charge in [-0.05, 0) is 17.7 Å². The number of halogens is 2. The average Bonchev–Trinajstić information content (AvgIpc) is 2.20. The summed E-state index contributed by atoms with van der Waals surface area (Å²) in [5.41, 5.74) is 12.1. The molecule has 0 spiro atoms. The second kappa shape index (κ2) is 5.50. The Morgan fingerprint density at radius 2 is 1.94 bits per heavy atom. The first-order valence-electron chi connectivity index (χ1n) is 4.59. The van der Waals surface area contributed by atoms with Crippen molar-refractivity contribution < 1.29 is 9.90 Å². The lowest BCUT2D eigenvalue weighted by atomic mass is 9.99. The highest BCUT2D eigenvalue weighted by atomic mass is 35.5. The zero-order valence-corrected chi connectivity index (χ0v) is 9.87. The van der Waals surface area contributed by atoms with E-state index in [4.69, 9.17) is 39.8 Å². The first-order chi connectivity index (χ1) is 7.41. The molecule has 0 aliphatic rings. The molecule has 2 unspecified atom stereocenters. The summed E-state index contributed by atoms with van der Waals surface area (Å²) < 4.78 is 0. The summed E-state index contributed by atoms with van der Waals surface area (Å²) in [6.45, 7) is 0. The molecule has 0 aliphatic carbocycles. The van der Waals surface area contributed by atoms with E-state index in [-0.39, 0.29) is 6.42 Å². The molecule has 0 heterocycles. The summed E-state index contributed by atoms with van der Waals surface area (Å²) in [5, 5.41) is 9.39. The fraction of sp³-hybridized carbons (Fsp3) is 0.300. The Bertz CT molecular complexity index is 398. The van der Waals surface area contributed by atoms with Crippen molar-refractivity contribution in [3.63, 3.8) is 0 Å². The van der Waals surface area contributed by atoms with E-state index in [2.05, 4.69) is 0 Å². The lowest BCUT2D eigenvalue weighted by Crippen LogP contribution is -2.36. The predicted octanol–water partition coefficient (Wildman–Crippen LogP) is 1.80. The van der Waals surface area contributed by atoms with Gasteiger partial charge in [-0.2, -0.15) is 0 Å². The van der Waals surface area contributed by atoms with Crippen LogP contribution in [0.5, 0.6) is 0 Å². The van der Waals surface area contributed by atoms with Crippen LogP contribution in [0.15, 0.2) is 18.2 Å². The zero-order chi connectivity index (χ0) is 12.3. The third-order valence-electron chi connectivity index (χ3n) is 2.20. The van der Waals surface area contributed by atoms with Gasteiger partial charge in [-0.25, -0.2) is 0 Å². The molecule has 6 heteroatoms. The Hall–Kier alpha value is -0.810. The van der Waals surface area contributed by atoms with Crippen molar-refractivity contribution in [2.45, 2.75) is 18.5 Å². The standard InChI is InChI=1S/C10H12Cl2N2O2/c11-6-2-1-5(3-7(6)12)10(14)8(13)4-9(15)16/h1-3,8,10H,4,13-14H2,(H,15,16). The maximum Gasteiger partial charge on any atom is 0.304 e. The van der Waals surface area contributed by atoms with E-state index in [1.54, 1.807) is 18.2 Å². The minimum atomic E-state index is -0.983. The van der Waals surface area contributed by atoms with E-state index in [1.807, 2.05) is 0 Å². The molecular formula is C10H12Cl2N2O2. The zero-order valence-electron chi connectivity index (χ0n) is 8.36. The van der Waals surface area contributed by atoms with Crippen LogP contribution in [0.2, 0.25) is 10.0 Å². The topological polar surface area (TPSA) is 89.3 Å². The fourth-order valence-electron chi connectivity index (χ4n) is 1.30. The number of hydrogen-bond donors (Lipinski definition) is 3. The first-order valence-corrected chi connectivity index (χ1v) is 5.35. The highest BCUT2D eigenvalue weighted by molar-refractivity contribution is 6.42. The van der Waals surface area contributed by atoms with Crippen molar-refractivity contribution in [1.82, 2.24) is 0 Å². The minimum absolute atomic E-state index is 0.193. The Balaban J connectivity index is 2.83. The molecule has 1 aromatic rings. The molecule has 0 aliphatic heterocycles. The summed E-state index contributed by atoms with van der Waals surface area (Å²) in [4.78, 5) is 10.5. The van der Waals surface area contributed by atoms with Crippen LogP contribution < -0.4 is 11.5 Å². The third kappa shape index (κ3) is 3.35. The lowest BCUT2D eigenvalue weighted by molar-refractivity contribution is -0.137. The van der Waals surface area contributed by atoms with E-state index in [1.165, 1.54) is 0 Å². The highest BCUT2D eigenvalue weighted by Crippen LogP contribution is 2.26. The van der Waals surface area contributed by atoms with Crippen LogP contribution in [0.3, 0.4) is 0 Å². The minimum Gasteiger partial charge on any atom is -0.481 e. The number of hydrogen-bond acceptors (Lipinski definition) is 3. The Morgan fingerprint density at radius 1 is 1.31 bits per heavy atom. The maximum absolute atomic E-state index is 10.5. The molecule has 0 saturated heterocycles. The van der Waals surface area contributed by atoms with Gasteiger partial charge in [0, 0.05) is 12.1 Å². The number of nitrogens with two attached hydrogens (primary N) is 2. The molecule has 0 fully saturated rings. The van der Waals surface area contributed by atoms with Crippen LogP contribution in [0.4, 0.5) is 0 Å². The number of carboxylic acids is 1. The number of aliphatic carboxylic acids is 1. The second-order valence-corrected chi connectivity index (χ2v) is 4.28. The Kier molecular flexibility index (Phi) is 4.56. The summed E-state index contributed by atoms with van der Waals surface area (Å²) in [5.74, 6) is -0.983. The van der Waals surface area contributed by atoms with Crippen molar-refractivity contribution in [2.24, 2.45) is 11.5 Å². The van der Waals surface area contributed by atoms with E-state index in [9.17, 15) is 4.79 Å². The van der Waals surface area contributed by atoms with E-state index in [0.717, 1.165) is 0 Å². The monoisotopic (exact) mass is 262 g/mol. The van der Waals surface area contributed by atoms with Gasteiger partial charge in [-0.3, -0.25) is 4.79 Å². The SMILES string of the molecule is NC(CC(=O)O)C(N)c1ccc(Cl)c(Cl)c1. The third-order valence-corrected chi connectivity index (χ3v) is 2.94. The van der Waals surface area contributed by atoms with Crippen molar-refractivity contribution in [3.05, 3.63) is 33.8 Å². The molecule has 16 heavy (non-hydrogen) atoms. The van der Waals surface area contributed by atoms with E-state index in [0.29, 0.717) is 15.6 Å². The highest BCUT2D eigenvalue weighted by Gasteiger charge is 2.18. The maximum atomic E-state index is 10.5. The molecule has 88 valence electrons. The van der Waals surface area contributed by atoms with Gasteiger partial charge in [0.2, 0.25) is 0 Å². The lowest BCUT2D eigenvalue weighted by Gasteiger charge is -2.18. The van der Waals surface area contributed by atoms with Gasteiger partial charge in [-0.15, -0.1) is 0 Å².